The van der Waals surface area contributed by atoms with Crippen molar-refractivity contribution >= 4 is 5.69 Å². The maximum absolute atomic E-state index is 5.41. The molecule has 0 radical (unpaired) electrons. The second kappa shape index (κ2) is 6.96. The lowest BCUT2D eigenvalue weighted by Gasteiger charge is -2.14. The third-order valence-electron chi connectivity index (χ3n) is 3.24. The van der Waals surface area contributed by atoms with Crippen molar-refractivity contribution in [3.05, 3.63) is 59.2 Å². The molecule has 2 rings (SSSR count). The van der Waals surface area contributed by atoms with Gasteiger partial charge < -0.3 is 14.8 Å². The highest BCUT2D eigenvalue weighted by Crippen LogP contribution is 2.26. The lowest BCUT2D eigenvalue weighted by atomic mass is 10.1. The first kappa shape index (κ1) is 14.4. The topological polar surface area (TPSA) is 30.5 Å². The molecule has 0 saturated carbocycles. The molecule has 0 amide bonds. The average Bonchev–Trinajstić information content (AvgIpc) is 2.47. The zero-order valence-corrected chi connectivity index (χ0v) is 12.3. The van der Waals surface area contributed by atoms with Gasteiger partial charge in [0.25, 0.3) is 0 Å². The number of ether oxygens (including phenoxy) is 2. The van der Waals surface area contributed by atoms with Crippen LogP contribution in [0.2, 0.25) is 0 Å². The average molecular weight is 271 g/mol. The summed E-state index contributed by atoms with van der Waals surface area (Å²) in [4.78, 5) is 0. The third kappa shape index (κ3) is 3.52. The summed E-state index contributed by atoms with van der Waals surface area (Å²) in [6.45, 7) is 3.43. The molecule has 0 atom stereocenters. The van der Waals surface area contributed by atoms with Crippen molar-refractivity contribution in [2.45, 2.75) is 20.1 Å². The van der Waals surface area contributed by atoms with E-state index in [4.69, 9.17) is 9.47 Å². The Morgan fingerprint density at radius 1 is 1.00 bits per heavy atom. The van der Waals surface area contributed by atoms with Crippen molar-refractivity contribution in [2.75, 3.05) is 19.5 Å². The molecule has 2 aromatic carbocycles. The van der Waals surface area contributed by atoms with Crippen LogP contribution in [-0.4, -0.2) is 14.2 Å². The fraction of sp³-hybridized carbons (Fsp3) is 0.294. The van der Waals surface area contributed by atoms with Crippen molar-refractivity contribution in [2.24, 2.45) is 0 Å². The maximum atomic E-state index is 5.41. The number of aryl methyl sites for hydroxylation is 1. The highest BCUT2D eigenvalue weighted by atomic mass is 16.5. The van der Waals surface area contributed by atoms with E-state index in [9.17, 15) is 0 Å². The zero-order valence-electron chi connectivity index (χ0n) is 12.3. The largest absolute Gasteiger partial charge is 0.495 e. The second-order valence-corrected chi connectivity index (χ2v) is 4.76. The predicted molar refractivity (Wildman–Crippen MR) is 82.2 cm³/mol. The number of hydrogen-bond donors (Lipinski definition) is 1. The van der Waals surface area contributed by atoms with Gasteiger partial charge in [-0.3, -0.25) is 0 Å². The molecule has 0 saturated heterocycles. The van der Waals surface area contributed by atoms with Gasteiger partial charge in [0.2, 0.25) is 0 Å². The van der Waals surface area contributed by atoms with Gasteiger partial charge in [0.05, 0.1) is 19.4 Å². The third-order valence-corrected chi connectivity index (χ3v) is 3.24. The Labute approximate surface area is 120 Å². The van der Waals surface area contributed by atoms with E-state index in [0.29, 0.717) is 6.61 Å². The summed E-state index contributed by atoms with van der Waals surface area (Å²) in [6.07, 6.45) is 0. The molecular weight excluding hydrogens is 250 g/mol. The van der Waals surface area contributed by atoms with Crippen LogP contribution in [0, 0.1) is 6.92 Å². The van der Waals surface area contributed by atoms with Gasteiger partial charge in [0.1, 0.15) is 5.75 Å². The van der Waals surface area contributed by atoms with Crippen LogP contribution >= 0.6 is 0 Å². The molecular formula is C17H21NO2. The Morgan fingerprint density at radius 2 is 1.75 bits per heavy atom. The molecule has 0 aliphatic rings. The van der Waals surface area contributed by atoms with E-state index in [1.165, 1.54) is 16.7 Å². The molecule has 0 aromatic heterocycles. The van der Waals surface area contributed by atoms with Crippen LogP contribution in [0.4, 0.5) is 5.69 Å². The predicted octanol–water partition coefficient (Wildman–Crippen LogP) is 3.76. The first-order chi connectivity index (χ1) is 9.74. The molecule has 0 aliphatic carbocycles. The minimum atomic E-state index is 0.628. The van der Waals surface area contributed by atoms with E-state index < -0.39 is 0 Å². The summed E-state index contributed by atoms with van der Waals surface area (Å²) in [5.41, 5.74) is 4.63. The number of rotatable bonds is 6. The lowest BCUT2D eigenvalue weighted by molar-refractivity contribution is 0.184. The first-order valence-electron chi connectivity index (χ1n) is 6.69. The molecule has 3 heteroatoms. The van der Waals surface area contributed by atoms with E-state index >= 15 is 0 Å². The Morgan fingerprint density at radius 3 is 2.45 bits per heavy atom. The van der Waals surface area contributed by atoms with E-state index in [1.807, 2.05) is 24.3 Å². The molecule has 20 heavy (non-hydrogen) atoms. The summed E-state index contributed by atoms with van der Waals surface area (Å²) in [5, 5.41) is 3.43. The highest BCUT2D eigenvalue weighted by Gasteiger charge is 2.05. The van der Waals surface area contributed by atoms with E-state index in [0.717, 1.165) is 18.0 Å². The molecule has 3 nitrogen and oxygen atoms in total. The van der Waals surface area contributed by atoms with E-state index in [2.05, 4.69) is 30.4 Å². The quantitative estimate of drug-likeness (QED) is 0.867. The lowest BCUT2D eigenvalue weighted by Crippen LogP contribution is -2.05. The van der Waals surface area contributed by atoms with Gasteiger partial charge in [0, 0.05) is 13.7 Å². The summed E-state index contributed by atoms with van der Waals surface area (Å²) in [6, 6.07) is 14.4. The summed E-state index contributed by atoms with van der Waals surface area (Å²) in [5.74, 6) is 0.870. The van der Waals surface area contributed by atoms with Crippen LogP contribution < -0.4 is 10.1 Å². The minimum absolute atomic E-state index is 0.628. The zero-order chi connectivity index (χ0) is 14.4. The molecule has 2 aromatic rings. The number of methoxy groups -OCH3 is 2. The van der Waals surface area contributed by atoms with Crippen molar-refractivity contribution in [3.63, 3.8) is 0 Å². The number of benzene rings is 2. The summed E-state index contributed by atoms with van der Waals surface area (Å²) in [7, 11) is 3.41. The monoisotopic (exact) mass is 271 g/mol. The SMILES string of the molecule is COCc1ccccc1CNc1ccc(C)cc1OC. The summed E-state index contributed by atoms with van der Waals surface area (Å²) >= 11 is 0. The van der Waals surface area contributed by atoms with Crippen molar-refractivity contribution in [1.29, 1.82) is 0 Å². The van der Waals surface area contributed by atoms with Gasteiger partial charge in [-0.1, -0.05) is 30.3 Å². The van der Waals surface area contributed by atoms with Crippen LogP contribution in [0.15, 0.2) is 42.5 Å². The van der Waals surface area contributed by atoms with Crippen LogP contribution in [-0.2, 0) is 17.9 Å². The fourth-order valence-corrected chi connectivity index (χ4v) is 2.16. The van der Waals surface area contributed by atoms with E-state index in [1.54, 1.807) is 14.2 Å². The molecule has 106 valence electrons. The Balaban J connectivity index is 2.13. The number of hydrogen-bond acceptors (Lipinski definition) is 3. The van der Waals surface area contributed by atoms with Gasteiger partial charge in [-0.2, -0.15) is 0 Å². The first-order valence-corrected chi connectivity index (χ1v) is 6.69. The van der Waals surface area contributed by atoms with Gasteiger partial charge >= 0.3 is 0 Å². The number of anilines is 1. The fourth-order valence-electron chi connectivity index (χ4n) is 2.16. The molecule has 0 aliphatic heterocycles. The molecule has 0 fully saturated rings. The van der Waals surface area contributed by atoms with Crippen LogP contribution in [0.1, 0.15) is 16.7 Å². The molecule has 0 spiro atoms. The van der Waals surface area contributed by atoms with Gasteiger partial charge in [-0.15, -0.1) is 0 Å². The smallest absolute Gasteiger partial charge is 0.142 e. The Kier molecular flexibility index (Phi) is 5.02. The number of nitrogens with one attached hydrogen (secondary N) is 1. The molecule has 1 N–H and O–H groups in total. The molecule has 0 bridgehead atoms. The van der Waals surface area contributed by atoms with Crippen molar-refractivity contribution < 1.29 is 9.47 Å². The van der Waals surface area contributed by atoms with Crippen LogP contribution in [0.25, 0.3) is 0 Å². The normalized spacial score (nSPS) is 10.3. The Hall–Kier alpha value is -2.00. The summed E-state index contributed by atoms with van der Waals surface area (Å²) < 4.78 is 10.6. The van der Waals surface area contributed by atoms with Crippen molar-refractivity contribution in [3.8, 4) is 5.75 Å². The van der Waals surface area contributed by atoms with Gasteiger partial charge in [0.15, 0.2) is 0 Å². The highest BCUT2D eigenvalue weighted by molar-refractivity contribution is 5.58. The maximum Gasteiger partial charge on any atom is 0.142 e. The van der Waals surface area contributed by atoms with Gasteiger partial charge in [-0.05, 0) is 35.7 Å². The van der Waals surface area contributed by atoms with Crippen LogP contribution in [0.3, 0.4) is 0 Å². The van der Waals surface area contributed by atoms with Crippen molar-refractivity contribution in [1.82, 2.24) is 0 Å². The standard InChI is InChI=1S/C17H21NO2/c1-13-8-9-16(17(10-13)20-3)18-11-14-6-4-5-7-15(14)12-19-2/h4-10,18H,11-12H2,1-3H3. The van der Waals surface area contributed by atoms with E-state index in [-0.39, 0.29) is 0 Å². The Bertz CT molecular complexity index is 567. The molecule has 0 unspecified atom stereocenters. The minimum Gasteiger partial charge on any atom is -0.495 e. The van der Waals surface area contributed by atoms with Crippen LogP contribution in [0.5, 0.6) is 5.75 Å². The van der Waals surface area contributed by atoms with Gasteiger partial charge in [-0.25, -0.2) is 0 Å². The molecule has 0 heterocycles. The second-order valence-electron chi connectivity index (χ2n) is 4.76.